The minimum atomic E-state index is -0.680. The van der Waals surface area contributed by atoms with E-state index in [0.29, 0.717) is 25.7 Å². The van der Waals surface area contributed by atoms with Gasteiger partial charge in [-0.15, -0.1) is 0 Å². The monoisotopic (exact) mass is 395 g/mol. The summed E-state index contributed by atoms with van der Waals surface area (Å²) in [6.07, 6.45) is 12.7. The molecule has 1 aliphatic carbocycles. The van der Waals surface area contributed by atoms with Crippen LogP contribution >= 0.6 is 0 Å². The number of hydrogen-bond acceptors (Lipinski definition) is 5. The zero-order chi connectivity index (χ0) is 20.8. The molecule has 28 heavy (non-hydrogen) atoms. The van der Waals surface area contributed by atoms with Crippen molar-refractivity contribution in [2.75, 3.05) is 13.2 Å². The average Bonchev–Trinajstić information content (AvgIpc) is 2.94. The molecule has 1 saturated carbocycles. The summed E-state index contributed by atoms with van der Waals surface area (Å²) in [6.45, 7) is 2.34. The molecule has 0 unspecified atom stereocenters. The van der Waals surface area contributed by atoms with Crippen LogP contribution in [0.15, 0.2) is 24.3 Å². The van der Waals surface area contributed by atoms with E-state index in [4.69, 9.17) is 5.11 Å². The van der Waals surface area contributed by atoms with Crippen molar-refractivity contribution >= 4 is 11.7 Å². The highest BCUT2D eigenvalue weighted by Crippen LogP contribution is 2.33. The molecule has 0 aromatic heterocycles. The van der Waals surface area contributed by atoms with Crippen molar-refractivity contribution in [1.82, 2.24) is 5.32 Å². The van der Waals surface area contributed by atoms with Crippen molar-refractivity contribution in [3.63, 3.8) is 0 Å². The Balaban J connectivity index is 2.40. The molecule has 0 aromatic rings. The Morgan fingerprint density at radius 1 is 1.29 bits per heavy atom. The van der Waals surface area contributed by atoms with E-state index in [1.165, 1.54) is 0 Å². The SMILES string of the molecule is CCCCC[C@H](O)C=C[C@H]1[C@H](O)CC(=O)[C@@H]1C/C=C/CCCC(=O)NCCO. The van der Waals surface area contributed by atoms with Gasteiger partial charge in [0.2, 0.25) is 5.91 Å². The van der Waals surface area contributed by atoms with E-state index in [1.54, 1.807) is 6.08 Å². The largest absolute Gasteiger partial charge is 0.395 e. The molecule has 1 amide bonds. The summed E-state index contributed by atoms with van der Waals surface area (Å²) in [5.41, 5.74) is 0. The third-order valence-corrected chi connectivity index (χ3v) is 5.16. The van der Waals surface area contributed by atoms with Gasteiger partial charge in [0.15, 0.2) is 0 Å². The highest BCUT2D eigenvalue weighted by atomic mass is 16.3. The standard InChI is InChI=1S/C22H37NO5/c1-2-3-6-9-17(25)12-13-19-18(20(26)16-21(19)27)10-7-4-5-8-11-22(28)23-14-15-24/h4,7,12-13,17-19,21,24-25,27H,2-3,5-6,8-11,14-16H2,1H3,(H,23,28)/b7-4+,13-12?/t17-,18+,19+,21+/m0/s1. The zero-order valence-electron chi connectivity index (χ0n) is 17.1. The summed E-state index contributed by atoms with van der Waals surface area (Å²) in [7, 11) is 0. The van der Waals surface area contributed by atoms with E-state index < -0.39 is 12.2 Å². The van der Waals surface area contributed by atoms with Gasteiger partial charge in [0.25, 0.3) is 0 Å². The molecule has 1 rings (SSSR count). The number of allylic oxidation sites excluding steroid dienone is 2. The number of carbonyl (C=O) groups is 2. The van der Waals surface area contributed by atoms with Crippen LogP contribution in [0, 0.1) is 11.8 Å². The highest BCUT2D eigenvalue weighted by Gasteiger charge is 2.39. The summed E-state index contributed by atoms with van der Waals surface area (Å²) >= 11 is 0. The van der Waals surface area contributed by atoms with Crippen molar-refractivity contribution in [2.45, 2.75) is 76.9 Å². The average molecular weight is 396 g/mol. The number of carbonyl (C=O) groups excluding carboxylic acids is 2. The van der Waals surface area contributed by atoms with Gasteiger partial charge in [-0.05, 0) is 25.7 Å². The molecule has 0 spiro atoms. The maximum atomic E-state index is 12.2. The van der Waals surface area contributed by atoms with Crippen LogP contribution < -0.4 is 5.32 Å². The first-order valence-electron chi connectivity index (χ1n) is 10.6. The van der Waals surface area contributed by atoms with Crippen LogP contribution in [0.5, 0.6) is 0 Å². The van der Waals surface area contributed by atoms with Crippen molar-refractivity contribution in [3.8, 4) is 0 Å². The molecule has 0 aromatic carbocycles. The molecule has 6 heteroatoms. The summed E-state index contributed by atoms with van der Waals surface area (Å²) in [5, 5.41) is 31.5. The summed E-state index contributed by atoms with van der Waals surface area (Å²) < 4.78 is 0. The Morgan fingerprint density at radius 3 is 2.79 bits per heavy atom. The predicted octanol–water partition coefficient (Wildman–Crippen LogP) is 2.28. The first-order valence-corrected chi connectivity index (χ1v) is 10.6. The molecule has 1 aliphatic rings. The van der Waals surface area contributed by atoms with Gasteiger partial charge in [-0.2, -0.15) is 0 Å². The fraction of sp³-hybridized carbons (Fsp3) is 0.727. The van der Waals surface area contributed by atoms with Gasteiger partial charge >= 0.3 is 0 Å². The molecule has 0 radical (unpaired) electrons. The van der Waals surface area contributed by atoms with E-state index in [9.17, 15) is 19.8 Å². The van der Waals surface area contributed by atoms with Crippen LogP contribution in [0.3, 0.4) is 0 Å². The number of aliphatic hydroxyl groups excluding tert-OH is 3. The van der Waals surface area contributed by atoms with Gasteiger partial charge < -0.3 is 20.6 Å². The van der Waals surface area contributed by atoms with Gasteiger partial charge in [-0.3, -0.25) is 9.59 Å². The van der Waals surface area contributed by atoms with Crippen LogP contribution in [-0.2, 0) is 9.59 Å². The van der Waals surface area contributed by atoms with Crippen LogP contribution in [0.4, 0.5) is 0 Å². The van der Waals surface area contributed by atoms with Gasteiger partial charge in [-0.25, -0.2) is 0 Å². The second kappa shape index (κ2) is 14.5. The number of ketones is 1. The lowest BCUT2D eigenvalue weighted by molar-refractivity contribution is -0.122. The van der Waals surface area contributed by atoms with E-state index in [-0.39, 0.29) is 43.1 Å². The number of nitrogens with one attached hydrogen (secondary N) is 1. The Kier molecular flexibility index (Phi) is 12.7. The maximum Gasteiger partial charge on any atom is 0.220 e. The van der Waals surface area contributed by atoms with Gasteiger partial charge in [-0.1, -0.05) is 50.5 Å². The molecule has 0 heterocycles. The fourth-order valence-corrected chi connectivity index (χ4v) is 3.51. The molecule has 0 saturated heterocycles. The highest BCUT2D eigenvalue weighted by molar-refractivity contribution is 5.84. The summed E-state index contributed by atoms with van der Waals surface area (Å²) in [5.74, 6) is -0.504. The second-order valence-corrected chi connectivity index (χ2v) is 7.54. The van der Waals surface area contributed by atoms with Crippen molar-refractivity contribution < 1.29 is 24.9 Å². The van der Waals surface area contributed by atoms with Crippen molar-refractivity contribution in [1.29, 1.82) is 0 Å². The zero-order valence-corrected chi connectivity index (χ0v) is 17.1. The predicted molar refractivity (Wildman–Crippen MR) is 110 cm³/mol. The first kappa shape index (κ1) is 24.5. The Hall–Kier alpha value is -1.50. The molecule has 4 atom stereocenters. The third-order valence-electron chi connectivity index (χ3n) is 5.16. The Labute approximate surface area is 168 Å². The van der Waals surface area contributed by atoms with Gasteiger partial charge in [0.1, 0.15) is 5.78 Å². The Morgan fingerprint density at radius 2 is 2.07 bits per heavy atom. The van der Waals surface area contributed by atoms with Crippen molar-refractivity contribution in [2.24, 2.45) is 11.8 Å². The van der Waals surface area contributed by atoms with E-state index in [0.717, 1.165) is 25.7 Å². The first-order chi connectivity index (χ1) is 13.5. The number of rotatable bonds is 14. The molecule has 160 valence electrons. The summed E-state index contributed by atoms with van der Waals surface area (Å²) in [4.78, 5) is 23.6. The third kappa shape index (κ3) is 9.62. The van der Waals surface area contributed by atoms with E-state index in [1.807, 2.05) is 18.2 Å². The number of aliphatic hydroxyl groups is 3. The molecular weight excluding hydrogens is 358 g/mol. The van der Waals surface area contributed by atoms with Gasteiger partial charge in [0.05, 0.1) is 18.8 Å². The Bertz CT molecular complexity index is 517. The van der Waals surface area contributed by atoms with E-state index >= 15 is 0 Å². The fourth-order valence-electron chi connectivity index (χ4n) is 3.51. The summed E-state index contributed by atoms with van der Waals surface area (Å²) in [6, 6.07) is 0. The lowest BCUT2D eigenvalue weighted by Crippen LogP contribution is -2.25. The normalized spacial score (nSPS) is 23.7. The topological polar surface area (TPSA) is 107 Å². The number of amides is 1. The minimum Gasteiger partial charge on any atom is -0.395 e. The van der Waals surface area contributed by atoms with Gasteiger partial charge in [0, 0.05) is 31.2 Å². The van der Waals surface area contributed by atoms with Crippen LogP contribution in [0.2, 0.25) is 0 Å². The maximum absolute atomic E-state index is 12.2. The molecule has 0 aliphatic heterocycles. The lowest BCUT2D eigenvalue weighted by Gasteiger charge is -2.16. The smallest absolute Gasteiger partial charge is 0.220 e. The molecule has 4 N–H and O–H groups in total. The molecule has 0 bridgehead atoms. The lowest BCUT2D eigenvalue weighted by atomic mass is 9.90. The van der Waals surface area contributed by atoms with Crippen LogP contribution in [-0.4, -0.2) is 52.4 Å². The van der Waals surface area contributed by atoms with E-state index in [2.05, 4.69) is 12.2 Å². The number of hydrogen-bond donors (Lipinski definition) is 4. The van der Waals surface area contributed by atoms with Crippen LogP contribution in [0.25, 0.3) is 0 Å². The number of Topliss-reactive ketones (excluding diaryl/α,β-unsaturated/α-hetero) is 1. The van der Waals surface area contributed by atoms with Crippen molar-refractivity contribution in [3.05, 3.63) is 24.3 Å². The quantitative estimate of drug-likeness (QED) is 0.267. The molecular formula is C22H37NO5. The number of unbranched alkanes of at least 4 members (excludes halogenated alkanes) is 3. The molecule has 6 nitrogen and oxygen atoms in total. The minimum absolute atomic E-state index is 0.0573. The van der Waals surface area contributed by atoms with Crippen LogP contribution in [0.1, 0.15) is 64.7 Å². The second-order valence-electron chi connectivity index (χ2n) is 7.54. The molecule has 1 fully saturated rings.